The standard InChI is InChI=1S/C20H32BO4/c1-7-16-15(12-10-14-18(22)24-8-2)11-9-13-17(16)21-25-20(5,6)19(3,4)23/h9,11,13,23H,7-8,10,12,14H2,1-6H3. The van der Waals surface area contributed by atoms with Crippen LogP contribution in [-0.4, -0.2) is 36.4 Å². The van der Waals surface area contributed by atoms with Crippen molar-refractivity contribution in [3.05, 3.63) is 29.3 Å². The topological polar surface area (TPSA) is 55.8 Å². The van der Waals surface area contributed by atoms with Crippen molar-refractivity contribution in [3.8, 4) is 0 Å². The molecular formula is C20H32BO4. The molecule has 5 heteroatoms. The zero-order chi connectivity index (χ0) is 19.1. The molecule has 0 unspecified atom stereocenters. The molecule has 0 bridgehead atoms. The van der Waals surface area contributed by atoms with Gasteiger partial charge in [0.2, 0.25) is 0 Å². The fraction of sp³-hybridized carbons (Fsp3) is 0.650. The summed E-state index contributed by atoms with van der Waals surface area (Å²) in [6.45, 7) is 11.6. The Hall–Kier alpha value is -1.33. The minimum atomic E-state index is -0.951. The molecule has 0 aromatic heterocycles. The number of carbonyl (C=O) groups excluding carboxylic acids is 1. The third-order valence-electron chi connectivity index (χ3n) is 4.75. The molecule has 1 rings (SSSR count). The highest BCUT2D eigenvalue weighted by molar-refractivity contribution is 6.47. The van der Waals surface area contributed by atoms with Gasteiger partial charge in [-0.05, 0) is 65.0 Å². The highest BCUT2D eigenvalue weighted by atomic mass is 16.5. The normalized spacial score (nSPS) is 12.1. The summed E-state index contributed by atoms with van der Waals surface area (Å²) in [6, 6.07) is 6.13. The van der Waals surface area contributed by atoms with E-state index in [2.05, 4.69) is 13.0 Å². The van der Waals surface area contributed by atoms with Gasteiger partial charge < -0.3 is 14.5 Å². The van der Waals surface area contributed by atoms with Gasteiger partial charge in [-0.15, -0.1) is 0 Å². The second kappa shape index (κ2) is 9.39. The first-order valence-electron chi connectivity index (χ1n) is 9.12. The summed E-state index contributed by atoms with van der Waals surface area (Å²) >= 11 is 0. The maximum atomic E-state index is 11.5. The quantitative estimate of drug-likeness (QED) is 0.522. The Bertz CT molecular complexity index is 561. The molecule has 0 aliphatic carbocycles. The van der Waals surface area contributed by atoms with E-state index in [-0.39, 0.29) is 5.97 Å². The number of hydrogen-bond acceptors (Lipinski definition) is 4. The van der Waals surface area contributed by atoms with Crippen LogP contribution in [0.3, 0.4) is 0 Å². The molecule has 0 saturated carbocycles. The van der Waals surface area contributed by atoms with Crippen LogP contribution in [-0.2, 0) is 27.0 Å². The number of benzene rings is 1. The van der Waals surface area contributed by atoms with Crippen LogP contribution in [0.4, 0.5) is 0 Å². The van der Waals surface area contributed by atoms with E-state index in [1.54, 1.807) is 21.3 Å². The van der Waals surface area contributed by atoms with Gasteiger partial charge >= 0.3 is 13.5 Å². The highest BCUT2D eigenvalue weighted by Crippen LogP contribution is 2.24. The van der Waals surface area contributed by atoms with E-state index in [1.165, 1.54) is 11.1 Å². The first-order valence-corrected chi connectivity index (χ1v) is 9.12. The number of ether oxygens (including phenoxy) is 1. The second-order valence-corrected chi connectivity index (χ2v) is 7.30. The van der Waals surface area contributed by atoms with E-state index in [4.69, 9.17) is 9.39 Å². The molecule has 0 aliphatic heterocycles. The molecule has 25 heavy (non-hydrogen) atoms. The summed E-state index contributed by atoms with van der Waals surface area (Å²) in [7, 11) is 1.74. The van der Waals surface area contributed by atoms with Crippen LogP contribution in [0.15, 0.2) is 18.2 Å². The van der Waals surface area contributed by atoms with E-state index in [0.29, 0.717) is 13.0 Å². The first kappa shape index (κ1) is 21.7. The minimum absolute atomic E-state index is 0.140. The molecule has 4 nitrogen and oxygen atoms in total. The predicted octanol–water partition coefficient (Wildman–Crippen LogP) is 2.95. The minimum Gasteiger partial charge on any atom is -0.466 e. The summed E-state index contributed by atoms with van der Waals surface area (Å²) in [5.41, 5.74) is 1.82. The number of aliphatic hydroxyl groups is 1. The lowest BCUT2D eigenvalue weighted by Crippen LogP contribution is -2.49. The molecule has 1 N–H and O–H groups in total. The van der Waals surface area contributed by atoms with Crippen molar-refractivity contribution in [2.24, 2.45) is 0 Å². The molecule has 1 radical (unpaired) electrons. The third kappa shape index (κ3) is 6.48. The summed E-state index contributed by atoms with van der Waals surface area (Å²) in [5, 5.41) is 10.2. The third-order valence-corrected chi connectivity index (χ3v) is 4.75. The molecule has 0 heterocycles. The average Bonchev–Trinajstić information content (AvgIpc) is 2.52. The van der Waals surface area contributed by atoms with E-state index in [1.807, 2.05) is 32.9 Å². The highest BCUT2D eigenvalue weighted by Gasteiger charge is 2.35. The van der Waals surface area contributed by atoms with Gasteiger partial charge in [-0.3, -0.25) is 4.79 Å². The lowest BCUT2D eigenvalue weighted by Gasteiger charge is -2.37. The maximum Gasteiger partial charge on any atom is 0.331 e. The van der Waals surface area contributed by atoms with Crippen LogP contribution in [0.2, 0.25) is 0 Å². The molecular weight excluding hydrogens is 315 g/mol. The summed E-state index contributed by atoms with van der Waals surface area (Å²) in [4.78, 5) is 11.5. The second-order valence-electron chi connectivity index (χ2n) is 7.30. The van der Waals surface area contributed by atoms with Crippen LogP contribution in [0, 0.1) is 0 Å². The van der Waals surface area contributed by atoms with Gasteiger partial charge in [-0.1, -0.05) is 30.6 Å². The smallest absolute Gasteiger partial charge is 0.331 e. The average molecular weight is 347 g/mol. The van der Waals surface area contributed by atoms with Crippen molar-refractivity contribution in [3.63, 3.8) is 0 Å². The van der Waals surface area contributed by atoms with Gasteiger partial charge in [0, 0.05) is 6.42 Å². The van der Waals surface area contributed by atoms with Crippen molar-refractivity contribution in [2.75, 3.05) is 6.61 Å². The molecule has 139 valence electrons. The van der Waals surface area contributed by atoms with Crippen molar-refractivity contribution in [1.29, 1.82) is 0 Å². The summed E-state index contributed by atoms with van der Waals surface area (Å²) < 4.78 is 10.9. The Morgan fingerprint density at radius 1 is 1.20 bits per heavy atom. The lowest BCUT2D eigenvalue weighted by molar-refractivity contribution is -0.143. The van der Waals surface area contributed by atoms with Gasteiger partial charge in [0.15, 0.2) is 0 Å². The fourth-order valence-corrected chi connectivity index (χ4v) is 2.44. The van der Waals surface area contributed by atoms with Crippen molar-refractivity contribution >= 4 is 18.9 Å². The largest absolute Gasteiger partial charge is 0.466 e. The molecule has 1 aromatic carbocycles. The van der Waals surface area contributed by atoms with Crippen molar-refractivity contribution < 1.29 is 19.3 Å². The number of aryl methyl sites for hydroxylation is 1. The van der Waals surface area contributed by atoms with E-state index in [0.717, 1.165) is 24.7 Å². The number of rotatable bonds is 10. The molecule has 0 atom stereocenters. The monoisotopic (exact) mass is 347 g/mol. The Morgan fingerprint density at radius 3 is 2.44 bits per heavy atom. The number of hydrogen-bond donors (Lipinski definition) is 1. The zero-order valence-electron chi connectivity index (χ0n) is 16.5. The molecule has 0 fully saturated rings. The van der Waals surface area contributed by atoms with Crippen LogP contribution in [0.1, 0.15) is 65.5 Å². The van der Waals surface area contributed by atoms with Crippen LogP contribution < -0.4 is 5.46 Å². The number of carbonyl (C=O) groups is 1. The number of esters is 1. The lowest BCUT2D eigenvalue weighted by atomic mass is 9.78. The van der Waals surface area contributed by atoms with Gasteiger partial charge in [-0.2, -0.15) is 0 Å². The Balaban J connectivity index is 2.78. The zero-order valence-corrected chi connectivity index (χ0v) is 16.5. The van der Waals surface area contributed by atoms with Crippen LogP contribution in [0.25, 0.3) is 0 Å². The SMILES string of the molecule is CCOC(=O)CCCc1cccc([B]OC(C)(C)C(C)(C)O)c1CC. The Kier molecular flexibility index (Phi) is 8.16. The van der Waals surface area contributed by atoms with Crippen LogP contribution in [0.5, 0.6) is 0 Å². The van der Waals surface area contributed by atoms with E-state index < -0.39 is 11.2 Å². The molecule has 0 saturated heterocycles. The summed E-state index contributed by atoms with van der Waals surface area (Å²) in [5.74, 6) is -0.140. The van der Waals surface area contributed by atoms with Gasteiger partial charge in [0.1, 0.15) is 0 Å². The van der Waals surface area contributed by atoms with E-state index in [9.17, 15) is 9.90 Å². The van der Waals surface area contributed by atoms with Gasteiger partial charge in [-0.25, -0.2) is 0 Å². The van der Waals surface area contributed by atoms with Crippen molar-refractivity contribution in [1.82, 2.24) is 0 Å². The maximum absolute atomic E-state index is 11.5. The van der Waals surface area contributed by atoms with Gasteiger partial charge in [0.25, 0.3) is 0 Å². The van der Waals surface area contributed by atoms with Crippen LogP contribution >= 0.6 is 0 Å². The molecule has 1 aromatic rings. The summed E-state index contributed by atoms with van der Waals surface area (Å²) in [6.07, 6.45) is 2.92. The predicted molar refractivity (Wildman–Crippen MR) is 102 cm³/mol. The molecule has 0 aliphatic rings. The van der Waals surface area contributed by atoms with E-state index >= 15 is 0 Å². The molecule has 0 spiro atoms. The van der Waals surface area contributed by atoms with Crippen molar-refractivity contribution in [2.45, 2.75) is 78.4 Å². The van der Waals surface area contributed by atoms with Gasteiger partial charge in [0.05, 0.1) is 17.8 Å². The Morgan fingerprint density at radius 2 is 1.88 bits per heavy atom. The first-order chi connectivity index (χ1) is 11.6. The molecule has 0 amide bonds. The Labute approximate surface area is 153 Å². The fourth-order valence-electron chi connectivity index (χ4n) is 2.44.